The molecule has 0 fully saturated rings. The first-order chi connectivity index (χ1) is 38.2. The normalized spacial score (nSPS) is 14.8. The maximum absolute atomic E-state index is 12.8. The Morgan fingerprint density at radius 1 is 0.514 bits per heavy atom. The minimum atomic E-state index is -0.747. The molecular weight excluding hydrogens is 851 g/mol. The smallest absolute Gasteiger partial charge is 0.149 e. The van der Waals surface area contributed by atoms with Crippen LogP contribution in [0.2, 0.25) is 0 Å². The van der Waals surface area contributed by atoms with Crippen LogP contribution in [0.15, 0.2) is 164 Å². The van der Waals surface area contributed by atoms with Crippen molar-refractivity contribution >= 4 is 11.0 Å². The van der Waals surface area contributed by atoms with E-state index in [1.54, 1.807) is 0 Å². The number of imidazole rings is 1. The summed E-state index contributed by atoms with van der Waals surface area (Å²) in [6.45, 7) is 27.7. The highest BCUT2D eigenvalue weighted by molar-refractivity contribution is 5.97. The average Bonchev–Trinajstić information content (AvgIpc) is 3.77. The van der Waals surface area contributed by atoms with Crippen molar-refractivity contribution in [2.45, 2.75) is 118 Å². The molecule has 0 spiro atoms. The Kier molecular flexibility index (Phi) is 9.22. The number of para-hydroxylation sites is 1. The summed E-state index contributed by atoms with van der Waals surface area (Å²) in [7, 11) is 0. The van der Waals surface area contributed by atoms with Crippen molar-refractivity contribution in [1.29, 1.82) is 0 Å². The molecule has 70 heavy (non-hydrogen) atoms. The fourth-order valence-electron chi connectivity index (χ4n) is 9.03. The van der Waals surface area contributed by atoms with E-state index < -0.39 is 100 Å². The lowest BCUT2D eigenvalue weighted by atomic mass is 9.78. The van der Waals surface area contributed by atoms with Crippen molar-refractivity contribution < 1.29 is 21.6 Å². The predicted molar refractivity (Wildman–Crippen MR) is 297 cm³/mol. The molecule has 0 unspecified atom stereocenters. The van der Waals surface area contributed by atoms with Gasteiger partial charge in [-0.2, -0.15) is 0 Å². The predicted octanol–water partition coefficient (Wildman–Crippen LogP) is 18.3. The second-order valence-corrected chi connectivity index (χ2v) is 22.0. The van der Waals surface area contributed by atoms with E-state index in [1.807, 2.05) is 63.2 Å². The zero-order valence-electron chi connectivity index (χ0n) is 54.6. The van der Waals surface area contributed by atoms with Crippen molar-refractivity contribution in [3.63, 3.8) is 0 Å². The highest BCUT2D eigenvalue weighted by Gasteiger charge is 2.31. The topological polar surface area (TPSA) is 50.9 Å². The number of nitrogens with zero attached hydrogens (tertiary/aromatic N) is 3. The molecule has 0 bridgehead atoms. The van der Waals surface area contributed by atoms with Crippen molar-refractivity contribution in [2.24, 2.45) is 0 Å². The quantitative estimate of drug-likeness (QED) is 0.157. The van der Waals surface area contributed by atoms with Crippen LogP contribution in [-0.2, 0) is 16.2 Å². The SMILES string of the molecule is [2H]c1nc(-c2cc(-c3cccc4c3nc(-c3cc(C(C)(C)C)cc(C(C)(C)C)c3O)n4-c3c(C(C)C)cc(-c4ccccc4)cc3C(C)C)cc(C(C)(C)C)c2)c([2H])c(-c2c([2H])c([2H])c(-c3c([2H])c([2H])c([2H])c([2H])c3[2H])c([2H])c2[2H])c1[2H]. The van der Waals surface area contributed by atoms with Gasteiger partial charge in [-0.15, -0.1) is 0 Å². The van der Waals surface area contributed by atoms with E-state index in [1.165, 1.54) is 0 Å². The zero-order chi connectivity index (χ0) is 60.3. The molecule has 0 amide bonds. The summed E-state index contributed by atoms with van der Waals surface area (Å²) in [5, 5.41) is 12.8. The van der Waals surface area contributed by atoms with Crippen molar-refractivity contribution in [2.75, 3.05) is 0 Å². The van der Waals surface area contributed by atoms with Gasteiger partial charge in [0.2, 0.25) is 0 Å². The summed E-state index contributed by atoms with van der Waals surface area (Å²) in [5.41, 5.74) is 8.43. The number of fused-ring (bicyclic) bond motifs is 1. The van der Waals surface area contributed by atoms with Crippen LogP contribution in [0.5, 0.6) is 5.75 Å². The first-order valence-electron chi connectivity index (χ1n) is 30.1. The van der Waals surface area contributed by atoms with Gasteiger partial charge in [0.25, 0.3) is 0 Å². The second-order valence-electron chi connectivity index (χ2n) is 22.0. The van der Waals surface area contributed by atoms with E-state index in [0.717, 1.165) is 50.1 Å². The van der Waals surface area contributed by atoms with E-state index in [9.17, 15) is 9.22 Å². The van der Waals surface area contributed by atoms with E-state index in [0.29, 0.717) is 33.6 Å². The number of hydrogen-bond donors (Lipinski definition) is 1. The first-order valence-corrected chi connectivity index (χ1v) is 24.1. The molecule has 4 nitrogen and oxygen atoms in total. The Labute approximate surface area is 434 Å². The molecule has 2 aromatic heterocycles. The highest BCUT2D eigenvalue weighted by Crippen LogP contribution is 2.47. The minimum Gasteiger partial charge on any atom is -0.507 e. The summed E-state index contributed by atoms with van der Waals surface area (Å²) >= 11 is 0. The molecule has 0 aliphatic heterocycles. The summed E-state index contributed by atoms with van der Waals surface area (Å²) in [6, 6.07) is 23.3. The molecule has 0 atom stereocenters. The molecular formula is C66H69N3O. The van der Waals surface area contributed by atoms with Crippen LogP contribution in [-0.4, -0.2) is 19.6 Å². The number of rotatable bonds is 9. The Hall–Kier alpha value is -7.04. The molecule has 9 rings (SSSR count). The molecule has 0 radical (unpaired) electrons. The van der Waals surface area contributed by atoms with Crippen LogP contribution in [0.1, 0.15) is 146 Å². The van der Waals surface area contributed by atoms with E-state index in [2.05, 4.69) is 127 Å². The molecule has 4 heteroatoms. The summed E-state index contributed by atoms with van der Waals surface area (Å²) in [4.78, 5) is 10.2. The lowest BCUT2D eigenvalue weighted by Gasteiger charge is -2.28. The minimum absolute atomic E-state index is 0.0435. The monoisotopic (exact) mass is 932 g/mol. The third kappa shape index (κ3) is 9.37. The molecule has 9 aromatic rings. The maximum Gasteiger partial charge on any atom is 0.149 e. The Morgan fingerprint density at radius 2 is 1.10 bits per heavy atom. The van der Waals surface area contributed by atoms with Gasteiger partial charge in [0.05, 0.1) is 44.4 Å². The molecule has 1 N–H and O–H groups in total. The van der Waals surface area contributed by atoms with Gasteiger partial charge in [-0.3, -0.25) is 9.55 Å². The summed E-state index contributed by atoms with van der Waals surface area (Å²) < 4.78 is 109. The van der Waals surface area contributed by atoms with Crippen LogP contribution in [0.3, 0.4) is 0 Å². The van der Waals surface area contributed by atoms with Crippen LogP contribution >= 0.6 is 0 Å². The van der Waals surface area contributed by atoms with E-state index in [-0.39, 0.29) is 34.3 Å². The number of aromatic hydroxyl groups is 1. The van der Waals surface area contributed by atoms with E-state index >= 15 is 0 Å². The van der Waals surface area contributed by atoms with Gasteiger partial charge in [0.1, 0.15) is 11.6 Å². The molecule has 0 aliphatic rings. The number of benzene rings is 7. The Balaban J connectivity index is 1.36. The van der Waals surface area contributed by atoms with Gasteiger partial charge in [-0.05, 0) is 138 Å². The Morgan fingerprint density at radius 3 is 1.70 bits per heavy atom. The lowest BCUT2D eigenvalue weighted by Crippen LogP contribution is -2.17. The van der Waals surface area contributed by atoms with Gasteiger partial charge >= 0.3 is 0 Å². The fourth-order valence-corrected chi connectivity index (χ4v) is 9.03. The van der Waals surface area contributed by atoms with Crippen LogP contribution < -0.4 is 0 Å². The number of pyridine rings is 1. The average molecular weight is 932 g/mol. The van der Waals surface area contributed by atoms with Crippen molar-refractivity contribution in [1.82, 2.24) is 14.5 Å². The van der Waals surface area contributed by atoms with Crippen LogP contribution in [0, 0.1) is 0 Å². The summed E-state index contributed by atoms with van der Waals surface area (Å²) in [5.74, 6) is 0.763. The molecule has 2 heterocycles. The Bertz CT molecular complexity index is 4000. The highest BCUT2D eigenvalue weighted by atomic mass is 16.3. The summed E-state index contributed by atoms with van der Waals surface area (Å²) in [6.07, 6.45) is -0.590. The molecule has 354 valence electrons. The molecule has 0 saturated heterocycles. The molecule has 0 aliphatic carbocycles. The third-order valence-corrected chi connectivity index (χ3v) is 13.1. The largest absolute Gasteiger partial charge is 0.507 e. The maximum atomic E-state index is 12.8. The fraction of sp³-hybridized carbons (Fsp3) is 0.273. The van der Waals surface area contributed by atoms with Gasteiger partial charge in [-0.25, -0.2) is 4.98 Å². The number of phenols is 1. The van der Waals surface area contributed by atoms with Crippen LogP contribution in [0.4, 0.5) is 0 Å². The molecule has 0 saturated carbocycles. The lowest BCUT2D eigenvalue weighted by molar-refractivity contribution is 0.446. The van der Waals surface area contributed by atoms with Crippen molar-refractivity contribution in [3.05, 3.63) is 191 Å². The van der Waals surface area contributed by atoms with Gasteiger partial charge in [-0.1, -0.05) is 199 Å². The van der Waals surface area contributed by atoms with Crippen LogP contribution in [0.25, 0.3) is 83.9 Å². The standard InChI is InChI=1S/C66H69N3O/c1-41(2)54-36-48(44-23-18-15-19-24-44)37-55(42(3)4)61(54)69-59-26-20-25-53(60(59)68-63(69)56-39-52(65(8,9)10)40-57(62(56)70)66(11,12)13)49-33-50(35-51(34-49)64(5,6)7)58-38-47(31-32-67-58)46-29-27-45(28-30-46)43-21-16-14-17-22-43/h14-42,70H,1-13H3/i14D,16D,17D,21D,22D,27D,28D,29D,30D,31D,32D,38D. The third-order valence-electron chi connectivity index (χ3n) is 13.1. The number of aromatic nitrogens is 3. The number of hydrogen-bond acceptors (Lipinski definition) is 3. The molecule has 7 aromatic carbocycles. The zero-order valence-corrected chi connectivity index (χ0v) is 42.6. The van der Waals surface area contributed by atoms with E-state index in [4.69, 9.17) is 17.3 Å². The van der Waals surface area contributed by atoms with Gasteiger partial charge in [0.15, 0.2) is 0 Å². The van der Waals surface area contributed by atoms with Crippen molar-refractivity contribution in [3.8, 4) is 78.6 Å². The number of phenolic OH excluding ortho intramolecular Hbond substituents is 1. The first kappa shape index (κ1) is 35.1. The van der Waals surface area contributed by atoms with Gasteiger partial charge < -0.3 is 5.11 Å². The second kappa shape index (κ2) is 18.4. The van der Waals surface area contributed by atoms with Gasteiger partial charge in [0, 0.05) is 22.9 Å².